The Hall–Kier alpha value is -3.39. The Balaban J connectivity index is 1.53. The van der Waals surface area contributed by atoms with E-state index in [-0.39, 0.29) is 30.8 Å². The first kappa shape index (κ1) is 21.8. The van der Waals surface area contributed by atoms with E-state index in [1.165, 1.54) is 4.90 Å². The summed E-state index contributed by atoms with van der Waals surface area (Å²) >= 11 is 0. The van der Waals surface area contributed by atoms with Gasteiger partial charge in [0.15, 0.2) is 19.0 Å². The monoisotopic (exact) mass is 438 g/mol. The molecule has 1 saturated heterocycles. The van der Waals surface area contributed by atoms with E-state index in [0.29, 0.717) is 49.1 Å². The van der Waals surface area contributed by atoms with Crippen molar-refractivity contribution < 1.29 is 28.6 Å². The topological polar surface area (TPSA) is 85.4 Å². The molecule has 2 amide bonds. The molecule has 2 aliphatic rings. The fourth-order valence-corrected chi connectivity index (χ4v) is 3.86. The standard InChI is InChI=1S/C24H26N2O6/c1-16-4-3-5-19(12-16)31-14-21(27)18-6-7-22-20(13-18)26(23(28)15-32-22)17(2)24(29)25-8-10-30-11-9-25/h3-7,12-13,17H,8-11,14-15H2,1-2H3/t17-/m0/s1. The maximum absolute atomic E-state index is 13.0. The highest BCUT2D eigenvalue weighted by atomic mass is 16.5. The van der Waals surface area contributed by atoms with E-state index in [2.05, 4.69) is 0 Å². The van der Waals surface area contributed by atoms with Crippen LogP contribution in [0, 0.1) is 6.92 Å². The Morgan fingerprint density at radius 3 is 2.66 bits per heavy atom. The number of hydrogen-bond acceptors (Lipinski definition) is 6. The Morgan fingerprint density at radius 1 is 1.12 bits per heavy atom. The van der Waals surface area contributed by atoms with Crippen molar-refractivity contribution in [2.24, 2.45) is 0 Å². The number of morpholine rings is 1. The highest BCUT2D eigenvalue weighted by Gasteiger charge is 2.36. The summed E-state index contributed by atoms with van der Waals surface area (Å²) in [6, 6.07) is 11.6. The van der Waals surface area contributed by atoms with E-state index in [9.17, 15) is 14.4 Å². The van der Waals surface area contributed by atoms with E-state index in [1.807, 2.05) is 25.1 Å². The number of benzene rings is 2. The largest absolute Gasteiger partial charge is 0.485 e. The molecule has 2 aromatic rings. The molecule has 2 heterocycles. The van der Waals surface area contributed by atoms with Crippen molar-refractivity contribution in [3.05, 3.63) is 53.6 Å². The van der Waals surface area contributed by atoms with Gasteiger partial charge in [0.1, 0.15) is 17.5 Å². The average Bonchev–Trinajstić information content (AvgIpc) is 2.82. The zero-order valence-corrected chi connectivity index (χ0v) is 18.2. The van der Waals surface area contributed by atoms with Crippen LogP contribution in [0.1, 0.15) is 22.8 Å². The summed E-state index contributed by atoms with van der Waals surface area (Å²) in [6.45, 7) is 5.28. The van der Waals surface area contributed by atoms with Crippen molar-refractivity contribution in [2.45, 2.75) is 19.9 Å². The van der Waals surface area contributed by atoms with Crippen LogP contribution in [-0.4, -0.2) is 68.1 Å². The second-order valence-corrected chi connectivity index (χ2v) is 7.88. The van der Waals surface area contributed by atoms with Gasteiger partial charge in [-0.3, -0.25) is 19.3 Å². The number of ketones is 1. The maximum Gasteiger partial charge on any atom is 0.265 e. The molecule has 0 spiro atoms. The molecule has 0 aromatic heterocycles. The highest BCUT2D eigenvalue weighted by molar-refractivity contribution is 6.05. The number of amides is 2. The van der Waals surface area contributed by atoms with Gasteiger partial charge >= 0.3 is 0 Å². The van der Waals surface area contributed by atoms with E-state index in [1.54, 1.807) is 36.1 Å². The molecule has 1 atom stereocenters. The zero-order valence-electron chi connectivity index (χ0n) is 18.2. The number of hydrogen-bond donors (Lipinski definition) is 0. The van der Waals surface area contributed by atoms with Crippen LogP contribution in [0.3, 0.4) is 0 Å². The molecule has 2 aliphatic heterocycles. The van der Waals surface area contributed by atoms with Crippen LogP contribution in [0.5, 0.6) is 11.5 Å². The van der Waals surface area contributed by atoms with Crippen LogP contribution in [0.25, 0.3) is 0 Å². The predicted octanol–water partition coefficient (Wildman–Crippen LogP) is 2.23. The predicted molar refractivity (Wildman–Crippen MR) is 117 cm³/mol. The lowest BCUT2D eigenvalue weighted by Gasteiger charge is -2.37. The van der Waals surface area contributed by atoms with Crippen molar-refractivity contribution >= 4 is 23.3 Å². The lowest BCUT2D eigenvalue weighted by atomic mass is 10.1. The third-order valence-electron chi connectivity index (χ3n) is 5.59. The van der Waals surface area contributed by atoms with Crippen molar-refractivity contribution in [3.8, 4) is 11.5 Å². The van der Waals surface area contributed by atoms with E-state index < -0.39 is 6.04 Å². The molecular formula is C24H26N2O6. The quantitative estimate of drug-likeness (QED) is 0.643. The number of anilines is 1. The number of Topliss-reactive ketones (excluding diaryl/α,β-unsaturated/α-hetero) is 1. The second kappa shape index (κ2) is 9.40. The number of rotatable bonds is 6. The molecule has 1 fully saturated rings. The first-order valence-electron chi connectivity index (χ1n) is 10.6. The zero-order chi connectivity index (χ0) is 22.7. The SMILES string of the molecule is Cc1cccc(OCC(=O)c2ccc3c(c2)N([C@@H](C)C(=O)N2CCOCC2)C(=O)CO3)c1. The number of nitrogens with zero attached hydrogens (tertiary/aromatic N) is 2. The molecule has 0 unspecified atom stereocenters. The smallest absolute Gasteiger partial charge is 0.265 e. The summed E-state index contributed by atoms with van der Waals surface area (Å²) in [7, 11) is 0. The van der Waals surface area contributed by atoms with Crippen LogP contribution >= 0.6 is 0 Å². The van der Waals surface area contributed by atoms with Gasteiger partial charge in [0.25, 0.3) is 5.91 Å². The van der Waals surface area contributed by atoms with Crippen LogP contribution in [0.2, 0.25) is 0 Å². The highest BCUT2D eigenvalue weighted by Crippen LogP contribution is 2.35. The van der Waals surface area contributed by atoms with Crippen LogP contribution < -0.4 is 14.4 Å². The number of aryl methyl sites for hydroxylation is 1. The van der Waals surface area contributed by atoms with Gasteiger partial charge in [-0.25, -0.2) is 0 Å². The van der Waals surface area contributed by atoms with Gasteiger partial charge in [-0.2, -0.15) is 0 Å². The van der Waals surface area contributed by atoms with Crippen molar-refractivity contribution in [1.82, 2.24) is 4.90 Å². The molecular weight excluding hydrogens is 412 g/mol. The van der Waals surface area contributed by atoms with Crippen LogP contribution in [0.15, 0.2) is 42.5 Å². The number of carbonyl (C=O) groups excluding carboxylic acids is 3. The van der Waals surface area contributed by atoms with Gasteiger partial charge in [0, 0.05) is 18.7 Å². The minimum absolute atomic E-state index is 0.140. The number of carbonyl (C=O) groups is 3. The van der Waals surface area contributed by atoms with Crippen LogP contribution in [-0.2, 0) is 14.3 Å². The first-order valence-corrected chi connectivity index (χ1v) is 10.6. The minimum Gasteiger partial charge on any atom is -0.485 e. The summed E-state index contributed by atoms with van der Waals surface area (Å²) in [5, 5.41) is 0. The molecule has 0 aliphatic carbocycles. The minimum atomic E-state index is -0.725. The third-order valence-corrected chi connectivity index (χ3v) is 5.59. The fourth-order valence-electron chi connectivity index (χ4n) is 3.86. The van der Waals surface area contributed by atoms with Crippen molar-refractivity contribution in [2.75, 3.05) is 44.4 Å². The lowest BCUT2D eigenvalue weighted by molar-refractivity contribution is -0.138. The van der Waals surface area contributed by atoms with Gasteiger partial charge < -0.3 is 19.1 Å². The van der Waals surface area contributed by atoms with E-state index in [0.717, 1.165) is 5.56 Å². The summed E-state index contributed by atoms with van der Waals surface area (Å²) in [6.07, 6.45) is 0. The summed E-state index contributed by atoms with van der Waals surface area (Å²) in [5.41, 5.74) is 1.83. The summed E-state index contributed by atoms with van der Waals surface area (Å²) in [4.78, 5) is 41.6. The average molecular weight is 438 g/mol. The van der Waals surface area contributed by atoms with Crippen LogP contribution in [0.4, 0.5) is 5.69 Å². The van der Waals surface area contributed by atoms with Gasteiger partial charge in [0.05, 0.1) is 18.9 Å². The van der Waals surface area contributed by atoms with E-state index in [4.69, 9.17) is 14.2 Å². The second-order valence-electron chi connectivity index (χ2n) is 7.88. The molecule has 0 bridgehead atoms. The Morgan fingerprint density at radius 2 is 1.91 bits per heavy atom. The molecule has 8 heteroatoms. The van der Waals surface area contributed by atoms with Gasteiger partial charge in [-0.15, -0.1) is 0 Å². The molecule has 0 N–H and O–H groups in total. The Kier molecular flexibility index (Phi) is 6.41. The molecule has 4 rings (SSSR count). The Bertz CT molecular complexity index is 1030. The molecule has 8 nitrogen and oxygen atoms in total. The van der Waals surface area contributed by atoms with Crippen molar-refractivity contribution in [3.63, 3.8) is 0 Å². The normalized spacial score (nSPS) is 16.8. The van der Waals surface area contributed by atoms with Crippen molar-refractivity contribution in [1.29, 1.82) is 0 Å². The third kappa shape index (κ3) is 4.60. The van der Waals surface area contributed by atoms with E-state index >= 15 is 0 Å². The molecule has 0 saturated carbocycles. The van der Waals surface area contributed by atoms with Gasteiger partial charge in [-0.05, 0) is 49.7 Å². The number of fused-ring (bicyclic) bond motifs is 1. The van der Waals surface area contributed by atoms with Gasteiger partial charge in [-0.1, -0.05) is 12.1 Å². The lowest BCUT2D eigenvalue weighted by Crippen LogP contribution is -2.54. The Labute approximate surface area is 186 Å². The molecule has 168 valence electrons. The first-order chi connectivity index (χ1) is 15.4. The molecule has 0 radical (unpaired) electrons. The maximum atomic E-state index is 13.0. The summed E-state index contributed by atoms with van der Waals surface area (Å²) in [5.74, 6) is 0.351. The fraction of sp³-hybridized carbons (Fsp3) is 0.375. The summed E-state index contributed by atoms with van der Waals surface area (Å²) < 4.78 is 16.5. The van der Waals surface area contributed by atoms with Gasteiger partial charge in [0.2, 0.25) is 5.91 Å². The molecule has 2 aromatic carbocycles. The number of ether oxygens (including phenoxy) is 3. The molecule has 32 heavy (non-hydrogen) atoms.